The first kappa shape index (κ1) is 14.6. The highest BCUT2D eigenvalue weighted by molar-refractivity contribution is 7.99. The summed E-state index contributed by atoms with van der Waals surface area (Å²) in [6.45, 7) is 5.41. The number of nitrogens with one attached hydrogen (secondary N) is 1. The highest BCUT2D eigenvalue weighted by atomic mass is 32.2. The molecule has 1 saturated carbocycles. The van der Waals surface area contributed by atoms with Crippen molar-refractivity contribution >= 4 is 17.6 Å². The van der Waals surface area contributed by atoms with Crippen molar-refractivity contribution in [2.45, 2.75) is 63.3 Å². The van der Waals surface area contributed by atoms with Gasteiger partial charge in [-0.25, -0.2) is 9.97 Å². The Labute approximate surface area is 121 Å². The standard InChI is InChI=1S/C15H25N3S/c1-3-5-6-10-19-14-11-13(16-9-4-2)17-15(18-14)12-7-8-12/h11-12H,3-10H2,1-2H3,(H,16,17,18). The highest BCUT2D eigenvalue weighted by Crippen LogP contribution is 2.39. The quantitative estimate of drug-likeness (QED) is 0.411. The third kappa shape index (κ3) is 5.01. The van der Waals surface area contributed by atoms with E-state index in [9.17, 15) is 0 Å². The molecule has 0 aromatic carbocycles. The zero-order valence-corrected chi connectivity index (χ0v) is 12.9. The SMILES string of the molecule is CCCCCSc1cc(NCCC)nc(C2CC2)n1. The summed E-state index contributed by atoms with van der Waals surface area (Å²) in [4.78, 5) is 9.35. The molecule has 2 rings (SSSR count). The van der Waals surface area contributed by atoms with Crippen LogP contribution in [-0.4, -0.2) is 22.3 Å². The van der Waals surface area contributed by atoms with Gasteiger partial charge in [0.2, 0.25) is 0 Å². The molecule has 1 N–H and O–H groups in total. The van der Waals surface area contributed by atoms with Gasteiger partial charge in [-0.2, -0.15) is 0 Å². The van der Waals surface area contributed by atoms with Gasteiger partial charge in [-0.1, -0.05) is 26.7 Å². The number of anilines is 1. The number of nitrogens with zero attached hydrogens (tertiary/aromatic N) is 2. The number of aromatic nitrogens is 2. The van der Waals surface area contributed by atoms with E-state index in [0.717, 1.165) is 29.6 Å². The molecule has 1 aromatic rings. The third-order valence-electron chi connectivity index (χ3n) is 3.22. The molecule has 1 aliphatic rings. The lowest BCUT2D eigenvalue weighted by atomic mass is 10.3. The van der Waals surface area contributed by atoms with Gasteiger partial charge in [-0.3, -0.25) is 0 Å². The number of unbranched alkanes of at least 4 members (excludes halogenated alkanes) is 2. The van der Waals surface area contributed by atoms with E-state index >= 15 is 0 Å². The Hall–Kier alpha value is -0.770. The van der Waals surface area contributed by atoms with Crippen molar-refractivity contribution in [1.29, 1.82) is 0 Å². The van der Waals surface area contributed by atoms with Crippen LogP contribution in [0.2, 0.25) is 0 Å². The van der Waals surface area contributed by atoms with E-state index in [0.29, 0.717) is 5.92 Å². The first-order chi connectivity index (χ1) is 9.33. The van der Waals surface area contributed by atoms with Gasteiger partial charge in [0.05, 0.1) is 0 Å². The fourth-order valence-corrected chi connectivity index (χ4v) is 2.82. The van der Waals surface area contributed by atoms with Crippen molar-refractivity contribution in [3.8, 4) is 0 Å². The predicted molar refractivity (Wildman–Crippen MR) is 83.0 cm³/mol. The molecule has 4 heteroatoms. The predicted octanol–water partition coefficient (Wildman–Crippen LogP) is 4.46. The lowest BCUT2D eigenvalue weighted by Gasteiger charge is -2.09. The van der Waals surface area contributed by atoms with Crippen LogP contribution < -0.4 is 5.32 Å². The molecule has 0 aliphatic heterocycles. The van der Waals surface area contributed by atoms with Gasteiger partial charge in [-0.05, 0) is 31.4 Å². The van der Waals surface area contributed by atoms with Crippen molar-refractivity contribution in [2.75, 3.05) is 17.6 Å². The van der Waals surface area contributed by atoms with Crippen LogP contribution in [0.15, 0.2) is 11.1 Å². The Balaban J connectivity index is 1.97. The largest absolute Gasteiger partial charge is 0.370 e. The first-order valence-electron chi connectivity index (χ1n) is 7.59. The zero-order valence-electron chi connectivity index (χ0n) is 12.1. The first-order valence-corrected chi connectivity index (χ1v) is 8.57. The molecule has 1 aliphatic carbocycles. The van der Waals surface area contributed by atoms with E-state index < -0.39 is 0 Å². The van der Waals surface area contributed by atoms with Crippen LogP contribution in [0.1, 0.15) is 64.1 Å². The van der Waals surface area contributed by atoms with Gasteiger partial charge in [0, 0.05) is 18.5 Å². The van der Waals surface area contributed by atoms with Gasteiger partial charge in [0.25, 0.3) is 0 Å². The topological polar surface area (TPSA) is 37.8 Å². The van der Waals surface area contributed by atoms with E-state index in [4.69, 9.17) is 4.98 Å². The van der Waals surface area contributed by atoms with Crippen molar-refractivity contribution in [3.63, 3.8) is 0 Å². The molecule has 0 amide bonds. The smallest absolute Gasteiger partial charge is 0.135 e. The number of thioether (sulfide) groups is 1. The molecule has 0 spiro atoms. The molecule has 1 aromatic heterocycles. The van der Waals surface area contributed by atoms with Gasteiger partial charge in [0.1, 0.15) is 16.7 Å². The average Bonchev–Trinajstić information content (AvgIpc) is 3.26. The molecule has 0 bridgehead atoms. The van der Waals surface area contributed by atoms with Gasteiger partial charge >= 0.3 is 0 Å². The molecule has 0 unspecified atom stereocenters. The average molecular weight is 279 g/mol. The molecule has 0 radical (unpaired) electrons. The van der Waals surface area contributed by atoms with Crippen LogP contribution in [0.4, 0.5) is 5.82 Å². The molecule has 1 fully saturated rings. The number of hydrogen-bond acceptors (Lipinski definition) is 4. The highest BCUT2D eigenvalue weighted by Gasteiger charge is 2.27. The Morgan fingerprint density at radius 1 is 1.21 bits per heavy atom. The van der Waals surface area contributed by atoms with Crippen LogP contribution in [0.25, 0.3) is 0 Å². The van der Waals surface area contributed by atoms with E-state index in [2.05, 4.69) is 30.2 Å². The van der Waals surface area contributed by atoms with Gasteiger partial charge in [0.15, 0.2) is 0 Å². The summed E-state index contributed by atoms with van der Waals surface area (Å²) >= 11 is 1.88. The molecule has 106 valence electrons. The lowest BCUT2D eigenvalue weighted by molar-refractivity contribution is 0.777. The minimum atomic E-state index is 0.623. The summed E-state index contributed by atoms with van der Waals surface area (Å²) in [6, 6.07) is 2.11. The summed E-state index contributed by atoms with van der Waals surface area (Å²) in [7, 11) is 0. The summed E-state index contributed by atoms with van der Waals surface area (Å²) in [5.41, 5.74) is 0. The van der Waals surface area contributed by atoms with Gasteiger partial charge in [-0.15, -0.1) is 11.8 Å². The maximum absolute atomic E-state index is 4.71. The Morgan fingerprint density at radius 2 is 2.05 bits per heavy atom. The number of hydrogen-bond donors (Lipinski definition) is 1. The van der Waals surface area contributed by atoms with Crippen LogP contribution >= 0.6 is 11.8 Å². The van der Waals surface area contributed by atoms with Crippen LogP contribution in [0.5, 0.6) is 0 Å². The van der Waals surface area contributed by atoms with Crippen molar-refractivity contribution in [1.82, 2.24) is 9.97 Å². The molecule has 0 saturated heterocycles. The Morgan fingerprint density at radius 3 is 2.74 bits per heavy atom. The zero-order chi connectivity index (χ0) is 13.5. The molecular formula is C15H25N3S. The normalized spacial score (nSPS) is 14.6. The molecule has 0 atom stereocenters. The lowest BCUT2D eigenvalue weighted by Crippen LogP contribution is -2.05. The fraction of sp³-hybridized carbons (Fsp3) is 0.733. The molecular weight excluding hydrogens is 254 g/mol. The van der Waals surface area contributed by atoms with E-state index in [1.165, 1.54) is 37.9 Å². The van der Waals surface area contributed by atoms with Crippen molar-refractivity contribution < 1.29 is 0 Å². The number of rotatable bonds is 9. The van der Waals surface area contributed by atoms with E-state index in [-0.39, 0.29) is 0 Å². The van der Waals surface area contributed by atoms with Crippen molar-refractivity contribution in [2.24, 2.45) is 0 Å². The van der Waals surface area contributed by atoms with E-state index in [1.54, 1.807) is 0 Å². The summed E-state index contributed by atoms with van der Waals surface area (Å²) in [5, 5.41) is 4.54. The molecule has 3 nitrogen and oxygen atoms in total. The maximum atomic E-state index is 4.71. The fourth-order valence-electron chi connectivity index (χ4n) is 1.91. The Bertz CT molecular complexity index is 391. The summed E-state index contributed by atoms with van der Waals surface area (Å²) in [6.07, 6.45) is 7.52. The second-order valence-corrected chi connectivity index (χ2v) is 6.32. The third-order valence-corrected chi connectivity index (χ3v) is 4.21. The Kier molecular flexibility index (Phi) is 5.95. The van der Waals surface area contributed by atoms with Crippen molar-refractivity contribution in [3.05, 3.63) is 11.9 Å². The van der Waals surface area contributed by atoms with Crippen LogP contribution in [0, 0.1) is 0 Å². The maximum Gasteiger partial charge on any atom is 0.135 e. The monoisotopic (exact) mass is 279 g/mol. The molecule has 19 heavy (non-hydrogen) atoms. The van der Waals surface area contributed by atoms with Crippen LogP contribution in [0.3, 0.4) is 0 Å². The second-order valence-electron chi connectivity index (χ2n) is 5.21. The minimum absolute atomic E-state index is 0.623. The van der Waals surface area contributed by atoms with Crippen LogP contribution in [-0.2, 0) is 0 Å². The minimum Gasteiger partial charge on any atom is -0.370 e. The second kappa shape index (κ2) is 7.73. The van der Waals surface area contributed by atoms with E-state index in [1.807, 2.05) is 11.8 Å². The molecule has 1 heterocycles. The summed E-state index contributed by atoms with van der Waals surface area (Å²) in [5.74, 6) is 3.86. The van der Waals surface area contributed by atoms with Gasteiger partial charge < -0.3 is 5.32 Å². The summed E-state index contributed by atoms with van der Waals surface area (Å²) < 4.78 is 0.